The van der Waals surface area contributed by atoms with Crippen LogP contribution < -0.4 is 10.5 Å². The van der Waals surface area contributed by atoms with Crippen LogP contribution in [0, 0.1) is 0 Å². The van der Waals surface area contributed by atoms with E-state index in [1.807, 2.05) is 20.9 Å². The summed E-state index contributed by atoms with van der Waals surface area (Å²) in [5.74, 6) is 0.593. The number of nitrogen functional groups attached to an aromatic ring is 1. The van der Waals surface area contributed by atoms with Gasteiger partial charge in [0.25, 0.3) is 0 Å². The Labute approximate surface area is 98.7 Å². The Bertz CT molecular complexity index is 521. The van der Waals surface area contributed by atoms with Gasteiger partial charge >= 0.3 is 6.01 Å². The molecule has 0 spiro atoms. The van der Waals surface area contributed by atoms with Crippen LogP contribution in [-0.2, 0) is 7.05 Å². The van der Waals surface area contributed by atoms with Crippen LogP contribution in [0.1, 0.15) is 13.8 Å². The molecule has 0 saturated carbocycles. The molecule has 0 aliphatic rings. The lowest BCUT2D eigenvalue weighted by molar-refractivity contribution is 0.222. The Morgan fingerprint density at radius 1 is 1.29 bits per heavy atom. The van der Waals surface area contributed by atoms with Gasteiger partial charge in [-0.15, -0.1) is 0 Å². The first-order valence-electron chi connectivity index (χ1n) is 5.22. The topological polar surface area (TPSA) is 91.7 Å². The number of rotatable bonds is 3. The van der Waals surface area contributed by atoms with E-state index in [-0.39, 0.29) is 18.1 Å². The number of aromatic nitrogens is 5. The number of hydrogen-bond acceptors (Lipinski definition) is 6. The SMILES string of the molecule is CC(C)Oc1nc(N)nc(-c2cnn(C)c2)n1. The van der Waals surface area contributed by atoms with Gasteiger partial charge < -0.3 is 10.5 Å². The van der Waals surface area contributed by atoms with E-state index in [1.54, 1.807) is 17.1 Å². The van der Waals surface area contributed by atoms with Crippen LogP contribution in [0.5, 0.6) is 6.01 Å². The minimum atomic E-state index is -0.0152. The monoisotopic (exact) mass is 234 g/mol. The fraction of sp³-hybridized carbons (Fsp3) is 0.400. The summed E-state index contributed by atoms with van der Waals surface area (Å²) in [6, 6.07) is 0.228. The Kier molecular flexibility index (Phi) is 2.90. The summed E-state index contributed by atoms with van der Waals surface area (Å²) < 4.78 is 7.06. The maximum atomic E-state index is 5.61. The molecular formula is C10H14N6O. The van der Waals surface area contributed by atoms with Crippen molar-refractivity contribution in [3.8, 4) is 17.4 Å². The number of hydrogen-bond donors (Lipinski definition) is 1. The van der Waals surface area contributed by atoms with Crippen molar-refractivity contribution in [1.82, 2.24) is 24.7 Å². The van der Waals surface area contributed by atoms with E-state index in [9.17, 15) is 0 Å². The smallest absolute Gasteiger partial charge is 0.322 e. The van der Waals surface area contributed by atoms with Crippen LogP contribution in [0.2, 0.25) is 0 Å². The highest BCUT2D eigenvalue weighted by molar-refractivity contribution is 5.53. The minimum absolute atomic E-state index is 0.0152. The van der Waals surface area contributed by atoms with Crippen LogP contribution in [0.25, 0.3) is 11.4 Å². The zero-order valence-corrected chi connectivity index (χ0v) is 9.95. The third-order valence-corrected chi connectivity index (χ3v) is 1.94. The van der Waals surface area contributed by atoms with Gasteiger partial charge in [-0.1, -0.05) is 0 Å². The Morgan fingerprint density at radius 3 is 2.65 bits per heavy atom. The Hall–Kier alpha value is -2.18. The van der Waals surface area contributed by atoms with Gasteiger partial charge in [0.15, 0.2) is 5.82 Å². The molecule has 2 aromatic rings. The fourth-order valence-electron chi connectivity index (χ4n) is 1.30. The molecule has 17 heavy (non-hydrogen) atoms. The average Bonchev–Trinajstić information content (AvgIpc) is 2.62. The van der Waals surface area contributed by atoms with Gasteiger partial charge in [0.2, 0.25) is 5.95 Å². The average molecular weight is 234 g/mol. The summed E-state index contributed by atoms with van der Waals surface area (Å²) in [5, 5.41) is 4.05. The molecule has 7 heteroatoms. The lowest BCUT2D eigenvalue weighted by Crippen LogP contribution is -2.11. The second kappa shape index (κ2) is 4.36. The molecule has 0 aliphatic heterocycles. The largest absolute Gasteiger partial charge is 0.461 e. The maximum absolute atomic E-state index is 5.61. The molecule has 90 valence electrons. The quantitative estimate of drug-likeness (QED) is 0.837. The van der Waals surface area contributed by atoms with Crippen LogP contribution in [0.3, 0.4) is 0 Å². The Morgan fingerprint density at radius 2 is 2.06 bits per heavy atom. The van der Waals surface area contributed by atoms with Gasteiger partial charge in [-0.25, -0.2) is 0 Å². The summed E-state index contributed by atoms with van der Waals surface area (Å²) in [6.07, 6.45) is 3.44. The van der Waals surface area contributed by atoms with Gasteiger partial charge in [-0.05, 0) is 13.8 Å². The first kappa shape index (κ1) is 11.3. The van der Waals surface area contributed by atoms with Gasteiger partial charge in [-0.2, -0.15) is 20.1 Å². The van der Waals surface area contributed by atoms with Gasteiger partial charge in [0, 0.05) is 13.2 Å². The highest BCUT2D eigenvalue weighted by atomic mass is 16.5. The molecule has 2 rings (SSSR count). The standard InChI is InChI=1S/C10H14N6O/c1-6(2)17-10-14-8(13-9(11)15-10)7-4-12-16(3)5-7/h4-6H,1-3H3,(H2,11,13,14,15). The van der Waals surface area contributed by atoms with Crippen LogP contribution in [0.15, 0.2) is 12.4 Å². The molecule has 2 N–H and O–H groups in total. The van der Waals surface area contributed by atoms with E-state index in [0.717, 1.165) is 5.56 Å². The van der Waals surface area contributed by atoms with Crippen molar-refractivity contribution in [2.45, 2.75) is 20.0 Å². The molecule has 0 radical (unpaired) electrons. The van der Waals surface area contributed by atoms with Crippen molar-refractivity contribution in [2.24, 2.45) is 7.05 Å². The molecule has 0 atom stereocenters. The lowest BCUT2D eigenvalue weighted by Gasteiger charge is -2.08. The zero-order valence-electron chi connectivity index (χ0n) is 9.95. The second-order valence-electron chi connectivity index (χ2n) is 3.87. The molecule has 0 saturated heterocycles. The Balaban J connectivity index is 2.37. The summed E-state index contributed by atoms with van der Waals surface area (Å²) in [4.78, 5) is 12.1. The highest BCUT2D eigenvalue weighted by Gasteiger charge is 2.10. The molecule has 2 aromatic heterocycles. The number of aryl methyl sites for hydroxylation is 1. The van der Waals surface area contributed by atoms with Crippen molar-refractivity contribution in [2.75, 3.05) is 5.73 Å². The molecule has 0 unspecified atom stereocenters. The highest BCUT2D eigenvalue weighted by Crippen LogP contribution is 2.17. The lowest BCUT2D eigenvalue weighted by atomic mass is 10.3. The van der Waals surface area contributed by atoms with Gasteiger partial charge in [0.05, 0.1) is 17.9 Å². The molecule has 0 aromatic carbocycles. The predicted octanol–water partition coefficient (Wildman–Crippen LogP) is 0.641. The van der Waals surface area contributed by atoms with Crippen molar-refractivity contribution in [1.29, 1.82) is 0 Å². The summed E-state index contributed by atoms with van der Waals surface area (Å²) in [7, 11) is 1.82. The predicted molar refractivity (Wildman–Crippen MR) is 62.2 cm³/mol. The summed E-state index contributed by atoms with van der Waals surface area (Å²) in [5.41, 5.74) is 6.38. The van der Waals surface area contributed by atoms with Crippen LogP contribution in [-0.4, -0.2) is 30.8 Å². The van der Waals surface area contributed by atoms with E-state index in [4.69, 9.17) is 10.5 Å². The fourth-order valence-corrected chi connectivity index (χ4v) is 1.30. The number of ether oxygens (including phenoxy) is 1. The van der Waals surface area contributed by atoms with Gasteiger partial charge in [-0.3, -0.25) is 4.68 Å². The van der Waals surface area contributed by atoms with E-state index in [2.05, 4.69) is 20.1 Å². The van der Waals surface area contributed by atoms with Crippen molar-refractivity contribution in [3.05, 3.63) is 12.4 Å². The maximum Gasteiger partial charge on any atom is 0.322 e. The van der Waals surface area contributed by atoms with Gasteiger partial charge in [0.1, 0.15) is 0 Å². The molecule has 2 heterocycles. The first-order chi connectivity index (χ1) is 8.04. The molecule has 7 nitrogen and oxygen atoms in total. The summed E-state index contributed by atoms with van der Waals surface area (Å²) in [6.45, 7) is 3.79. The minimum Gasteiger partial charge on any atom is -0.461 e. The van der Waals surface area contributed by atoms with Crippen LogP contribution >= 0.6 is 0 Å². The van der Waals surface area contributed by atoms with E-state index in [1.165, 1.54) is 0 Å². The van der Waals surface area contributed by atoms with Crippen molar-refractivity contribution in [3.63, 3.8) is 0 Å². The van der Waals surface area contributed by atoms with E-state index in [0.29, 0.717) is 5.82 Å². The molecular weight excluding hydrogens is 220 g/mol. The number of nitrogens with two attached hydrogens (primary N) is 1. The van der Waals surface area contributed by atoms with Crippen molar-refractivity contribution >= 4 is 5.95 Å². The number of anilines is 1. The normalized spacial score (nSPS) is 10.8. The second-order valence-corrected chi connectivity index (χ2v) is 3.87. The molecule has 0 bridgehead atoms. The third-order valence-electron chi connectivity index (χ3n) is 1.94. The van der Waals surface area contributed by atoms with E-state index >= 15 is 0 Å². The van der Waals surface area contributed by atoms with Crippen molar-refractivity contribution < 1.29 is 4.74 Å². The van der Waals surface area contributed by atoms with E-state index < -0.39 is 0 Å². The number of nitrogens with zero attached hydrogens (tertiary/aromatic N) is 5. The molecule has 0 aliphatic carbocycles. The zero-order chi connectivity index (χ0) is 12.4. The molecule has 0 amide bonds. The van der Waals surface area contributed by atoms with Crippen LogP contribution in [0.4, 0.5) is 5.95 Å². The molecule has 0 fully saturated rings. The summed E-state index contributed by atoms with van der Waals surface area (Å²) >= 11 is 0. The first-order valence-corrected chi connectivity index (χ1v) is 5.22. The third kappa shape index (κ3) is 2.68.